The van der Waals surface area contributed by atoms with Crippen molar-refractivity contribution in [2.45, 2.75) is 26.4 Å². The number of phenolic OH excluding ortho intramolecular Hbond substituents is 1. The first-order valence-corrected chi connectivity index (χ1v) is 6.82. The fourth-order valence-electron chi connectivity index (χ4n) is 2.67. The summed E-state index contributed by atoms with van der Waals surface area (Å²) in [6.07, 6.45) is 0.677. The highest BCUT2D eigenvalue weighted by molar-refractivity contribution is 5.33. The van der Waals surface area contributed by atoms with E-state index in [0.29, 0.717) is 36.5 Å². The highest BCUT2D eigenvalue weighted by atomic mass is 19.1. The van der Waals surface area contributed by atoms with Gasteiger partial charge >= 0.3 is 0 Å². The number of nitrogens with one attached hydrogen (secondary N) is 1. The number of phenols is 1. The molecule has 21 heavy (non-hydrogen) atoms. The molecule has 2 aromatic rings. The van der Waals surface area contributed by atoms with Gasteiger partial charge in [-0.05, 0) is 13.0 Å². The van der Waals surface area contributed by atoms with Gasteiger partial charge in [-0.15, -0.1) is 0 Å². The van der Waals surface area contributed by atoms with E-state index in [2.05, 4.69) is 9.97 Å². The molecular formula is C15H16FN3O2. The van der Waals surface area contributed by atoms with Crippen LogP contribution in [0.15, 0.2) is 23.0 Å². The molecule has 6 heteroatoms. The minimum absolute atomic E-state index is 0.120. The molecule has 0 spiro atoms. The number of hydrogen-bond donors (Lipinski definition) is 2. The zero-order chi connectivity index (χ0) is 15.0. The van der Waals surface area contributed by atoms with Gasteiger partial charge in [-0.2, -0.15) is 0 Å². The summed E-state index contributed by atoms with van der Waals surface area (Å²) < 4.78 is 13.3. The number of halogens is 1. The number of H-pyrrole nitrogens is 1. The molecule has 5 nitrogen and oxygen atoms in total. The molecule has 2 N–H and O–H groups in total. The summed E-state index contributed by atoms with van der Waals surface area (Å²) in [5.41, 5.74) is 1.89. The van der Waals surface area contributed by atoms with Crippen LogP contribution in [0.25, 0.3) is 0 Å². The third kappa shape index (κ3) is 2.67. The normalized spacial score (nSPS) is 15.0. The lowest BCUT2D eigenvalue weighted by Crippen LogP contribution is -2.35. The van der Waals surface area contributed by atoms with Gasteiger partial charge in [-0.1, -0.05) is 12.1 Å². The Morgan fingerprint density at radius 3 is 3.10 bits per heavy atom. The molecule has 2 heterocycles. The van der Waals surface area contributed by atoms with Crippen LogP contribution >= 0.6 is 0 Å². The molecule has 0 saturated carbocycles. The number of aromatic amines is 1. The molecule has 0 atom stereocenters. The Bertz CT molecular complexity index is 742. The summed E-state index contributed by atoms with van der Waals surface area (Å²) in [4.78, 5) is 21.0. The van der Waals surface area contributed by atoms with Gasteiger partial charge in [0.15, 0.2) is 11.6 Å². The fourth-order valence-corrected chi connectivity index (χ4v) is 2.67. The molecule has 0 aliphatic carbocycles. The smallest absolute Gasteiger partial charge is 0.255 e. The van der Waals surface area contributed by atoms with Crippen LogP contribution in [-0.2, 0) is 19.5 Å². The Morgan fingerprint density at radius 1 is 1.48 bits per heavy atom. The van der Waals surface area contributed by atoms with Crippen LogP contribution in [-0.4, -0.2) is 26.5 Å². The maximum atomic E-state index is 13.3. The fraction of sp³-hybridized carbons (Fsp3) is 0.333. The number of aromatic hydroxyl groups is 1. The first-order valence-electron chi connectivity index (χ1n) is 6.82. The number of fused-ring (bicyclic) bond motifs is 1. The van der Waals surface area contributed by atoms with Crippen molar-refractivity contribution in [3.05, 3.63) is 57.0 Å². The highest BCUT2D eigenvalue weighted by Gasteiger charge is 2.21. The third-order valence-corrected chi connectivity index (χ3v) is 3.73. The minimum Gasteiger partial charge on any atom is -0.505 e. The number of benzene rings is 1. The quantitative estimate of drug-likeness (QED) is 0.878. The molecule has 1 aliphatic rings. The lowest BCUT2D eigenvalue weighted by molar-refractivity contribution is 0.237. The molecule has 0 fully saturated rings. The first kappa shape index (κ1) is 13.8. The molecule has 1 aromatic heterocycles. The van der Waals surface area contributed by atoms with Gasteiger partial charge in [-0.25, -0.2) is 9.37 Å². The van der Waals surface area contributed by atoms with Crippen molar-refractivity contribution in [3.63, 3.8) is 0 Å². The van der Waals surface area contributed by atoms with E-state index in [1.165, 1.54) is 6.07 Å². The number of aryl methyl sites for hydroxylation is 1. The first-order chi connectivity index (χ1) is 10.0. The number of nitrogens with zero attached hydrogens (tertiary/aromatic N) is 2. The molecule has 0 unspecified atom stereocenters. The van der Waals surface area contributed by atoms with Crippen molar-refractivity contribution in [2.75, 3.05) is 6.54 Å². The predicted molar refractivity (Wildman–Crippen MR) is 75.5 cm³/mol. The minimum atomic E-state index is -0.625. The van der Waals surface area contributed by atoms with Crippen molar-refractivity contribution in [2.24, 2.45) is 0 Å². The Labute approximate surface area is 121 Å². The Kier molecular flexibility index (Phi) is 3.47. The lowest BCUT2D eigenvalue weighted by atomic mass is 10.1. The van der Waals surface area contributed by atoms with Crippen LogP contribution in [0.1, 0.15) is 22.6 Å². The Balaban J connectivity index is 1.84. The Hall–Kier alpha value is -2.21. The van der Waals surface area contributed by atoms with E-state index in [9.17, 15) is 14.3 Å². The number of hydrogen-bond acceptors (Lipinski definition) is 4. The molecule has 3 rings (SSSR count). The predicted octanol–water partition coefficient (Wildman–Crippen LogP) is 1.48. The molecule has 110 valence electrons. The van der Waals surface area contributed by atoms with Crippen molar-refractivity contribution in [1.82, 2.24) is 14.9 Å². The zero-order valence-corrected chi connectivity index (χ0v) is 11.7. The topological polar surface area (TPSA) is 69.2 Å². The third-order valence-electron chi connectivity index (χ3n) is 3.73. The average Bonchev–Trinajstić information content (AvgIpc) is 2.44. The standard InChI is InChI=1S/C15H16FN3O2/c1-9-17-13-5-6-19(8-11(13)15(21)18-9)7-10-3-2-4-12(16)14(10)20/h2-4,20H,5-8H2,1H3,(H,17,18,21). The molecule has 1 aliphatic heterocycles. The molecule has 0 bridgehead atoms. The van der Waals surface area contributed by atoms with Crippen LogP contribution in [0, 0.1) is 12.7 Å². The van der Waals surface area contributed by atoms with E-state index >= 15 is 0 Å². The van der Waals surface area contributed by atoms with Crippen molar-refractivity contribution < 1.29 is 9.50 Å². The second-order valence-electron chi connectivity index (χ2n) is 5.28. The van der Waals surface area contributed by atoms with E-state index in [-0.39, 0.29) is 11.3 Å². The van der Waals surface area contributed by atoms with E-state index in [0.717, 1.165) is 12.2 Å². The summed E-state index contributed by atoms with van der Waals surface area (Å²) in [6, 6.07) is 4.48. The van der Waals surface area contributed by atoms with Crippen LogP contribution in [0.3, 0.4) is 0 Å². The Morgan fingerprint density at radius 2 is 2.29 bits per heavy atom. The highest BCUT2D eigenvalue weighted by Crippen LogP contribution is 2.24. The summed E-state index contributed by atoms with van der Waals surface area (Å²) in [7, 11) is 0. The van der Waals surface area contributed by atoms with E-state index in [4.69, 9.17) is 0 Å². The largest absolute Gasteiger partial charge is 0.505 e. The summed E-state index contributed by atoms with van der Waals surface area (Å²) in [6.45, 7) is 3.34. The van der Waals surface area contributed by atoms with Gasteiger partial charge in [0.05, 0.1) is 11.3 Å². The van der Waals surface area contributed by atoms with Gasteiger partial charge in [0.2, 0.25) is 0 Å². The van der Waals surface area contributed by atoms with E-state index in [1.807, 2.05) is 4.90 Å². The van der Waals surface area contributed by atoms with E-state index < -0.39 is 5.82 Å². The van der Waals surface area contributed by atoms with Crippen molar-refractivity contribution >= 4 is 0 Å². The van der Waals surface area contributed by atoms with Gasteiger partial charge < -0.3 is 10.1 Å². The molecule has 0 amide bonds. The maximum absolute atomic E-state index is 13.3. The van der Waals surface area contributed by atoms with Gasteiger partial charge in [0.25, 0.3) is 5.56 Å². The van der Waals surface area contributed by atoms with Gasteiger partial charge in [-0.3, -0.25) is 9.69 Å². The van der Waals surface area contributed by atoms with Crippen LogP contribution < -0.4 is 5.56 Å². The number of aromatic nitrogens is 2. The summed E-state index contributed by atoms with van der Waals surface area (Å²) in [5.74, 6) is -0.325. The monoisotopic (exact) mass is 289 g/mol. The van der Waals surface area contributed by atoms with Gasteiger partial charge in [0, 0.05) is 31.6 Å². The van der Waals surface area contributed by atoms with Crippen molar-refractivity contribution in [3.8, 4) is 5.75 Å². The van der Waals surface area contributed by atoms with Crippen LogP contribution in [0.2, 0.25) is 0 Å². The maximum Gasteiger partial charge on any atom is 0.255 e. The second kappa shape index (κ2) is 5.29. The molecule has 0 saturated heterocycles. The number of para-hydroxylation sites is 1. The zero-order valence-electron chi connectivity index (χ0n) is 11.7. The van der Waals surface area contributed by atoms with Gasteiger partial charge in [0.1, 0.15) is 5.82 Å². The van der Waals surface area contributed by atoms with E-state index in [1.54, 1.807) is 19.1 Å². The summed E-state index contributed by atoms with van der Waals surface area (Å²) in [5, 5.41) is 9.73. The SMILES string of the molecule is Cc1nc2c(c(=O)[nH]1)CN(Cc1cccc(F)c1O)CC2. The van der Waals surface area contributed by atoms with Crippen LogP contribution in [0.5, 0.6) is 5.75 Å². The number of rotatable bonds is 2. The van der Waals surface area contributed by atoms with Crippen molar-refractivity contribution in [1.29, 1.82) is 0 Å². The second-order valence-corrected chi connectivity index (χ2v) is 5.28. The van der Waals surface area contributed by atoms with Crippen LogP contribution in [0.4, 0.5) is 4.39 Å². The average molecular weight is 289 g/mol. The lowest BCUT2D eigenvalue weighted by Gasteiger charge is -2.27. The molecule has 0 radical (unpaired) electrons. The summed E-state index contributed by atoms with van der Waals surface area (Å²) >= 11 is 0. The molecule has 1 aromatic carbocycles. The molecular weight excluding hydrogens is 273 g/mol.